The summed E-state index contributed by atoms with van der Waals surface area (Å²) >= 11 is 1.67. The number of hydrogen-bond donors (Lipinski definition) is 0. The number of hydrogen-bond acceptors (Lipinski definition) is 4. The van der Waals surface area contributed by atoms with Gasteiger partial charge in [0.05, 0.1) is 16.5 Å². The lowest BCUT2D eigenvalue weighted by Gasteiger charge is -2.06. The van der Waals surface area contributed by atoms with Gasteiger partial charge in [-0.25, -0.2) is 9.97 Å². The zero-order chi connectivity index (χ0) is 14.8. The molecule has 0 saturated carbocycles. The van der Waals surface area contributed by atoms with Crippen LogP contribution < -0.4 is 4.74 Å². The van der Waals surface area contributed by atoms with Gasteiger partial charge < -0.3 is 9.30 Å². The van der Waals surface area contributed by atoms with Crippen molar-refractivity contribution in [3.63, 3.8) is 0 Å². The Morgan fingerprint density at radius 1 is 1.05 bits per heavy atom. The van der Waals surface area contributed by atoms with E-state index in [2.05, 4.69) is 16.0 Å². The van der Waals surface area contributed by atoms with Crippen molar-refractivity contribution in [3.05, 3.63) is 72.3 Å². The van der Waals surface area contributed by atoms with E-state index in [9.17, 15) is 0 Å². The van der Waals surface area contributed by atoms with E-state index in [1.54, 1.807) is 23.9 Å². The van der Waals surface area contributed by atoms with E-state index in [0.29, 0.717) is 6.61 Å². The highest BCUT2D eigenvalue weighted by molar-refractivity contribution is 7.18. The maximum Gasteiger partial charge on any atom is 0.140 e. The summed E-state index contributed by atoms with van der Waals surface area (Å²) in [5, 5.41) is 0.986. The number of para-hydroxylation sites is 1. The quantitative estimate of drug-likeness (QED) is 0.571. The first-order valence-corrected chi connectivity index (χ1v) is 7.76. The lowest BCUT2D eigenvalue weighted by Crippen LogP contribution is -1.95. The third-order valence-corrected chi connectivity index (χ3v) is 4.35. The van der Waals surface area contributed by atoms with E-state index in [-0.39, 0.29) is 0 Å². The monoisotopic (exact) mass is 307 g/mol. The summed E-state index contributed by atoms with van der Waals surface area (Å²) in [4.78, 5) is 8.61. The molecule has 22 heavy (non-hydrogen) atoms. The van der Waals surface area contributed by atoms with E-state index in [0.717, 1.165) is 22.0 Å². The topological polar surface area (TPSA) is 39.9 Å². The fourth-order valence-corrected chi connectivity index (χ4v) is 3.13. The molecular weight excluding hydrogens is 294 g/mol. The Bertz CT molecular complexity index is 849. The predicted molar refractivity (Wildman–Crippen MR) is 87.5 cm³/mol. The Morgan fingerprint density at radius 2 is 1.91 bits per heavy atom. The standard InChI is InChI=1S/C17H13N3OS/c1-2-4-16-15(3-1)19-17(22-16)11-21-14-7-5-13(6-8-14)20-10-9-18-12-20/h1-10,12H,11H2. The van der Waals surface area contributed by atoms with Crippen LogP contribution in [0.4, 0.5) is 0 Å². The Balaban J connectivity index is 1.47. The summed E-state index contributed by atoms with van der Waals surface area (Å²) in [6.07, 6.45) is 5.45. The highest BCUT2D eigenvalue weighted by Crippen LogP contribution is 2.23. The van der Waals surface area contributed by atoms with Gasteiger partial charge in [-0.2, -0.15) is 0 Å². The average molecular weight is 307 g/mol. The highest BCUT2D eigenvalue weighted by Gasteiger charge is 2.04. The predicted octanol–water partition coefficient (Wildman–Crippen LogP) is 4.06. The van der Waals surface area contributed by atoms with Crippen molar-refractivity contribution in [3.8, 4) is 11.4 Å². The van der Waals surface area contributed by atoms with Crippen molar-refractivity contribution < 1.29 is 4.74 Å². The van der Waals surface area contributed by atoms with Crippen molar-refractivity contribution in [1.29, 1.82) is 0 Å². The number of ether oxygens (including phenoxy) is 1. The molecule has 0 N–H and O–H groups in total. The third-order valence-electron chi connectivity index (χ3n) is 3.34. The number of fused-ring (bicyclic) bond motifs is 1. The molecule has 0 aliphatic rings. The summed E-state index contributed by atoms with van der Waals surface area (Å²) in [6.45, 7) is 0.490. The molecule has 0 spiro atoms. The van der Waals surface area contributed by atoms with Crippen LogP contribution in [0.15, 0.2) is 67.3 Å². The van der Waals surface area contributed by atoms with Gasteiger partial charge in [0.1, 0.15) is 17.4 Å². The molecule has 2 heterocycles. The van der Waals surface area contributed by atoms with E-state index < -0.39 is 0 Å². The molecule has 0 atom stereocenters. The van der Waals surface area contributed by atoms with Crippen LogP contribution in [0.1, 0.15) is 5.01 Å². The van der Waals surface area contributed by atoms with Crippen LogP contribution in [0.5, 0.6) is 5.75 Å². The lowest BCUT2D eigenvalue weighted by molar-refractivity contribution is 0.306. The molecule has 0 saturated heterocycles. The van der Waals surface area contributed by atoms with Gasteiger partial charge in [-0.1, -0.05) is 12.1 Å². The van der Waals surface area contributed by atoms with Crippen LogP contribution in [-0.4, -0.2) is 14.5 Å². The molecule has 108 valence electrons. The third kappa shape index (κ3) is 2.58. The first-order chi connectivity index (χ1) is 10.9. The molecule has 0 amide bonds. The molecule has 0 radical (unpaired) electrons. The SMILES string of the molecule is c1ccc2sc(COc3ccc(-n4ccnc4)cc3)nc2c1. The zero-order valence-electron chi connectivity index (χ0n) is 11.7. The number of benzene rings is 2. The molecule has 0 bridgehead atoms. The second-order valence-corrected chi connectivity index (χ2v) is 5.94. The number of thiazole rings is 1. The molecule has 4 nitrogen and oxygen atoms in total. The Hall–Kier alpha value is -2.66. The Labute approximate surface area is 131 Å². The maximum absolute atomic E-state index is 5.82. The molecule has 2 aromatic carbocycles. The van der Waals surface area contributed by atoms with Crippen molar-refractivity contribution in [2.24, 2.45) is 0 Å². The largest absolute Gasteiger partial charge is 0.486 e. The molecule has 4 rings (SSSR count). The van der Waals surface area contributed by atoms with Crippen LogP contribution in [-0.2, 0) is 6.61 Å². The summed E-state index contributed by atoms with van der Waals surface area (Å²) < 4.78 is 8.96. The minimum atomic E-state index is 0.490. The van der Waals surface area contributed by atoms with Gasteiger partial charge in [0.2, 0.25) is 0 Å². The lowest BCUT2D eigenvalue weighted by atomic mass is 10.3. The summed E-state index contributed by atoms with van der Waals surface area (Å²) in [6, 6.07) is 16.1. The van der Waals surface area contributed by atoms with E-state index in [1.165, 1.54) is 4.70 Å². The van der Waals surface area contributed by atoms with Crippen molar-refractivity contribution >= 4 is 21.6 Å². The first-order valence-electron chi connectivity index (χ1n) is 6.94. The molecule has 5 heteroatoms. The number of nitrogens with zero attached hydrogens (tertiary/aromatic N) is 3. The average Bonchev–Trinajstić information content (AvgIpc) is 3.22. The van der Waals surface area contributed by atoms with Crippen LogP contribution >= 0.6 is 11.3 Å². The zero-order valence-corrected chi connectivity index (χ0v) is 12.5. The molecule has 0 aliphatic carbocycles. The summed E-state index contributed by atoms with van der Waals surface area (Å²) in [7, 11) is 0. The van der Waals surface area contributed by atoms with Crippen LogP contribution in [0.2, 0.25) is 0 Å². The maximum atomic E-state index is 5.82. The normalized spacial score (nSPS) is 10.9. The molecular formula is C17H13N3OS. The van der Waals surface area contributed by atoms with Gasteiger partial charge in [0.15, 0.2) is 0 Å². The molecule has 0 fully saturated rings. The van der Waals surface area contributed by atoms with Gasteiger partial charge in [-0.05, 0) is 36.4 Å². The van der Waals surface area contributed by atoms with Gasteiger partial charge in [0.25, 0.3) is 0 Å². The van der Waals surface area contributed by atoms with Crippen LogP contribution in [0.3, 0.4) is 0 Å². The van der Waals surface area contributed by atoms with Gasteiger partial charge in [-0.3, -0.25) is 0 Å². The second kappa shape index (κ2) is 5.61. The molecule has 2 aromatic heterocycles. The van der Waals surface area contributed by atoms with E-state index in [4.69, 9.17) is 4.74 Å². The van der Waals surface area contributed by atoms with E-state index in [1.807, 2.05) is 53.2 Å². The fourth-order valence-electron chi connectivity index (χ4n) is 2.25. The fraction of sp³-hybridized carbons (Fsp3) is 0.0588. The highest BCUT2D eigenvalue weighted by atomic mass is 32.1. The Morgan fingerprint density at radius 3 is 2.68 bits per heavy atom. The number of imidazole rings is 1. The van der Waals surface area contributed by atoms with Crippen LogP contribution in [0.25, 0.3) is 15.9 Å². The van der Waals surface area contributed by atoms with E-state index >= 15 is 0 Å². The van der Waals surface area contributed by atoms with Crippen molar-refractivity contribution in [1.82, 2.24) is 14.5 Å². The second-order valence-electron chi connectivity index (χ2n) is 4.83. The number of rotatable bonds is 4. The van der Waals surface area contributed by atoms with Gasteiger partial charge in [0, 0.05) is 18.1 Å². The minimum absolute atomic E-state index is 0.490. The van der Waals surface area contributed by atoms with Gasteiger partial charge in [-0.15, -0.1) is 11.3 Å². The molecule has 0 unspecified atom stereocenters. The minimum Gasteiger partial charge on any atom is -0.486 e. The van der Waals surface area contributed by atoms with Crippen molar-refractivity contribution in [2.75, 3.05) is 0 Å². The number of aromatic nitrogens is 3. The van der Waals surface area contributed by atoms with Crippen LogP contribution in [0, 0.1) is 0 Å². The molecule has 0 aliphatic heterocycles. The first kappa shape index (κ1) is 13.0. The van der Waals surface area contributed by atoms with Gasteiger partial charge >= 0.3 is 0 Å². The smallest absolute Gasteiger partial charge is 0.140 e. The molecule has 4 aromatic rings. The van der Waals surface area contributed by atoms with Crippen molar-refractivity contribution in [2.45, 2.75) is 6.61 Å². The summed E-state index contributed by atoms with van der Waals surface area (Å²) in [5.74, 6) is 0.836. The summed E-state index contributed by atoms with van der Waals surface area (Å²) in [5.41, 5.74) is 2.09. The Kier molecular flexibility index (Phi) is 3.33.